The molecular weight excluding hydrogens is 962 g/mol. The molecule has 0 radical (unpaired) electrons. The maximum absolute atomic E-state index is 12.3. The molecule has 0 amide bonds. The number of rotatable bonds is 11. The van der Waals surface area contributed by atoms with Crippen LogP contribution in [-0.4, -0.2) is 19.6 Å². The fourth-order valence-corrected chi connectivity index (χ4v) is 8.63. The van der Waals surface area contributed by atoms with E-state index in [0.717, 1.165) is 95.6 Å². The molecule has 1 N–H and O–H groups in total. The summed E-state index contributed by atoms with van der Waals surface area (Å²) in [5.41, 5.74) is 16.8. The van der Waals surface area contributed by atoms with Gasteiger partial charge in [-0.1, -0.05) is 172 Å². The van der Waals surface area contributed by atoms with Crippen LogP contribution in [0.2, 0.25) is 0 Å². The van der Waals surface area contributed by atoms with Crippen LogP contribution in [0.25, 0.3) is 72.7 Å². The molecule has 0 aliphatic carbocycles. The molecule has 2 heterocycles. The zero-order valence-electron chi connectivity index (χ0n) is 40.2. The van der Waals surface area contributed by atoms with Crippen LogP contribution < -0.4 is 0 Å². The fraction of sp³-hybridized carbons (Fsp3) is 0.288. The molecule has 0 aliphatic heterocycles. The standard InChI is InChI=1S/C59H62N3O.Pt/c1-36(2)28-40-20-25-54(51(29-40)43-16-13-12-14-17-43)62-55-19-15-18-49(56(55)61-58(62)52-34-45(38(5)6)33-50(39(7)8)57(52)63)46-30-47(32-48(31-46)59(9,10)11)53-35-44(26-27-60-53)42-23-21-41(22-24-42)37(3)4;/h12-27,29,31-39,63H,28H2,1-11H3;/q-1;/i37D;. The van der Waals surface area contributed by atoms with Gasteiger partial charge >= 0.3 is 0 Å². The Morgan fingerprint density at radius 1 is 0.656 bits per heavy atom. The summed E-state index contributed by atoms with van der Waals surface area (Å²) in [5.74, 6) is 1.15. The van der Waals surface area contributed by atoms with E-state index in [1.54, 1.807) is 0 Å². The number of benzene rings is 6. The number of aromatic nitrogens is 3. The van der Waals surface area contributed by atoms with Crippen molar-refractivity contribution in [2.24, 2.45) is 5.92 Å². The Kier molecular flexibility index (Phi) is 13.3. The van der Waals surface area contributed by atoms with Crippen molar-refractivity contribution in [1.29, 1.82) is 0 Å². The number of phenolic OH excluding ortho intramolecular Hbond substituents is 1. The third-order valence-electron chi connectivity index (χ3n) is 12.3. The first kappa shape index (κ1) is 45.0. The smallest absolute Gasteiger partial charge is 0.148 e. The van der Waals surface area contributed by atoms with Gasteiger partial charge in [0.25, 0.3) is 0 Å². The zero-order valence-corrected chi connectivity index (χ0v) is 41.5. The maximum atomic E-state index is 12.3. The van der Waals surface area contributed by atoms with Gasteiger partial charge in [-0.2, -0.15) is 0 Å². The average Bonchev–Trinajstić information content (AvgIpc) is 3.65. The van der Waals surface area contributed by atoms with Crippen molar-refractivity contribution < 1.29 is 27.5 Å². The number of hydrogen-bond acceptors (Lipinski definition) is 3. The van der Waals surface area contributed by atoms with E-state index in [0.29, 0.717) is 11.7 Å². The van der Waals surface area contributed by atoms with Gasteiger partial charge in [-0.15, -0.1) is 29.3 Å². The topological polar surface area (TPSA) is 50.9 Å². The number of aromatic hydroxyl groups is 1. The van der Waals surface area contributed by atoms with E-state index >= 15 is 0 Å². The monoisotopic (exact) mass is 1020 g/mol. The molecule has 4 nitrogen and oxygen atoms in total. The summed E-state index contributed by atoms with van der Waals surface area (Å²) in [6, 6.07) is 49.0. The molecule has 6 aromatic carbocycles. The van der Waals surface area contributed by atoms with Gasteiger partial charge in [0.1, 0.15) is 11.6 Å². The number of nitrogens with zero attached hydrogens (tertiary/aromatic N) is 3. The Balaban J connectivity index is 0.00000630. The zero-order chi connectivity index (χ0) is 45.7. The molecule has 0 saturated heterocycles. The molecule has 0 atom stereocenters. The minimum absolute atomic E-state index is 0. The molecule has 64 heavy (non-hydrogen) atoms. The summed E-state index contributed by atoms with van der Waals surface area (Å²) in [6.07, 6.45) is 2.84. The van der Waals surface area contributed by atoms with E-state index in [-0.39, 0.29) is 44.1 Å². The summed E-state index contributed by atoms with van der Waals surface area (Å²) < 4.78 is 10.8. The quantitative estimate of drug-likeness (QED) is 0.131. The number of imidazole rings is 1. The van der Waals surface area contributed by atoms with Crippen LogP contribution in [0.15, 0.2) is 134 Å². The Bertz CT molecular complexity index is 2970. The van der Waals surface area contributed by atoms with Gasteiger partial charge in [0.15, 0.2) is 0 Å². The van der Waals surface area contributed by atoms with Crippen LogP contribution in [0.1, 0.15) is 123 Å². The van der Waals surface area contributed by atoms with E-state index in [9.17, 15) is 5.11 Å². The van der Waals surface area contributed by atoms with Crippen LogP contribution in [0.5, 0.6) is 5.75 Å². The number of para-hydroxylation sites is 1. The minimum Gasteiger partial charge on any atom is -0.507 e. The fourth-order valence-electron chi connectivity index (χ4n) is 8.63. The van der Waals surface area contributed by atoms with Gasteiger partial charge < -0.3 is 5.11 Å². The summed E-state index contributed by atoms with van der Waals surface area (Å²) in [4.78, 5) is 10.5. The Morgan fingerprint density at radius 3 is 2.03 bits per heavy atom. The number of phenols is 1. The molecule has 2 aromatic heterocycles. The van der Waals surface area contributed by atoms with Gasteiger partial charge in [0.2, 0.25) is 0 Å². The SMILES string of the molecule is [2H]C(C)(C)c1ccc(-c2ccnc(-c3[c-]c(-c4cccc5c4nc(-c4cc(C(C)C)cc(C(C)C)c4O)n5-c4ccc(CC(C)C)cc4-c4ccccc4)cc(C(C)(C)C)c3)c2)cc1.[Pt]. The molecule has 0 spiro atoms. The molecule has 8 rings (SSSR count). The van der Waals surface area contributed by atoms with Gasteiger partial charge in [0, 0.05) is 39.9 Å². The predicted molar refractivity (Wildman–Crippen MR) is 266 cm³/mol. The second kappa shape index (κ2) is 18.9. The van der Waals surface area contributed by atoms with Crippen molar-refractivity contribution in [3.05, 3.63) is 167 Å². The van der Waals surface area contributed by atoms with Crippen molar-refractivity contribution in [3.63, 3.8) is 0 Å². The van der Waals surface area contributed by atoms with Crippen molar-refractivity contribution in [1.82, 2.24) is 14.5 Å². The van der Waals surface area contributed by atoms with Crippen molar-refractivity contribution in [2.45, 2.75) is 106 Å². The van der Waals surface area contributed by atoms with Crippen LogP contribution in [-0.2, 0) is 32.9 Å². The second-order valence-electron chi connectivity index (χ2n) is 19.5. The molecule has 330 valence electrons. The molecular formula is C59H62N3OPt-. The number of pyridine rings is 1. The Labute approximate surface area is 397 Å². The minimum atomic E-state index is -0.669. The van der Waals surface area contributed by atoms with Gasteiger partial charge in [-0.3, -0.25) is 9.55 Å². The normalized spacial score (nSPS) is 12.3. The maximum Gasteiger partial charge on any atom is 0.148 e. The first-order chi connectivity index (χ1) is 30.4. The molecule has 0 bridgehead atoms. The van der Waals surface area contributed by atoms with Gasteiger partial charge in [-0.05, 0) is 105 Å². The van der Waals surface area contributed by atoms with Crippen LogP contribution in [0.3, 0.4) is 0 Å². The molecule has 0 unspecified atom stereocenters. The predicted octanol–water partition coefficient (Wildman–Crippen LogP) is 16.1. The van der Waals surface area contributed by atoms with Crippen molar-refractivity contribution in [2.75, 3.05) is 0 Å². The van der Waals surface area contributed by atoms with Crippen molar-refractivity contribution >= 4 is 11.0 Å². The Hall–Kier alpha value is -5.57. The molecule has 0 aliphatic rings. The second-order valence-corrected chi connectivity index (χ2v) is 19.5. The van der Waals surface area contributed by atoms with E-state index in [2.05, 4.69) is 182 Å². The summed E-state index contributed by atoms with van der Waals surface area (Å²) >= 11 is 0. The van der Waals surface area contributed by atoms with Crippen molar-refractivity contribution in [3.8, 4) is 67.5 Å². The number of hydrogen-bond donors (Lipinski definition) is 1. The van der Waals surface area contributed by atoms with Crippen LogP contribution in [0.4, 0.5) is 0 Å². The van der Waals surface area contributed by atoms with E-state index in [4.69, 9.17) is 11.3 Å². The van der Waals surface area contributed by atoms with E-state index in [1.165, 1.54) is 5.56 Å². The van der Waals surface area contributed by atoms with Gasteiger partial charge in [0.05, 0.1) is 22.3 Å². The Morgan fingerprint density at radius 2 is 1.38 bits per heavy atom. The van der Waals surface area contributed by atoms with Crippen LogP contribution >= 0.6 is 0 Å². The van der Waals surface area contributed by atoms with Gasteiger partial charge in [-0.25, -0.2) is 4.98 Å². The largest absolute Gasteiger partial charge is 0.507 e. The van der Waals surface area contributed by atoms with Crippen LogP contribution in [0, 0.1) is 12.0 Å². The molecule has 0 saturated carbocycles. The molecule has 8 aromatic rings. The third-order valence-corrected chi connectivity index (χ3v) is 12.3. The summed E-state index contributed by atoms with van der Waals surface area (Å²) in [5, 5.41) is 12.3. The third kappa shape index (κ3) is 9.45. The molecule has 5 heteroatoms. The molecule has 0 fully saturated rings. The average molecular weight is 1030 g/mol. The van der Waals surface area contributed by atoms with E-state index < -0.39 is 5.89 Å². The summed E-state index contributed by atoms with van der Waals surface area (Å²) in [6.45, 7) is 23.8. The first-order valence-corrected chi connectivity index (χ1v) is 22.6. The van der Waals surface area contributed by atoms with E-state index in [1.807, 2.05) is 38.2 Å². The first-order valence-electron chi connectivity index (χ1n) is 23.1. The number of fused-ring (bicyclic) bond motifs is 1. The summed E-state index contributed by atoms with van der Waals surface area (Å²) in [7, 11) is 0.